The molecule has 0 amide bonds. The van der Waals surface area contributed by atoms with Crippen molar-refractivity contribution < 1.29 is 14.6 Å². The second-order valence-corrected chi connectivity index (χ2v) is 4.64. The van der Waals surface area contributed by atoms with Crippen LogP contribution in [0, 0.1) is 13.8 Å². The van der Waals surface area contributed by atoms with Crippen molar-refractivity contribution in [1.29, 1.82) is 0 Å². The van der Waals surface area contributed by atoms with E-state index in [0.29, 0.717) is 0 Å². The summed E-state index contributed by atoms with van der Waals surface area (Å²) >= 11 is 0. The molecule has 1 aromatic rings. The fourth-order valence-corrected chi connectivity index (χ4v) is 1.95. The minimum atomic E-state index is -1.16. The summed E-state index contributed by atoms with van der Waals surface area (Å²) in [5, 5.41) is 9.94. The van der Waals surface area contributed by atoms with Gasteiger partial charge in [-0.15, -0.1) is 0 Å². The van der Waals surface area contributed by atoms with E-state index in [2.05, 4.69) is 9.72 Å². The Morgan fingerprint density at radius 2 is 2.06 bits per heavy atom. The van der Waals surface area contributed by atoms with Gasteiger partial charge in [-0.1, -0.05) is 13.8 Å². The number of aryl methyl sites for hydroxylation is 2. The van der Waals surface area contributed by atoms with Gasteiger partial charge >= 0.3 is 5.97 Å². The number of aliphatic hydroxyl groups is 1. The molecule has 1 aromatic heterocycles. The Bertz CT molecular complexity index is 393. The predicted octanol–water partition coefficient (Wildman–Crippen LogP) is 1.44. The summed E-state index contributed by atoms with van der Waals surface area (Å²) in [6.07, 6.45) is -1.16. The van der Waals surface area contributed by atoms with E-state index in [9.17, 15) is 9.90 Å². The SMILES string of the molecule is COC(=O)C(O)C(C)(C)c1cc(C)[nH]c1C. The van der Waals surface area contributed by atoms with Crippen molar-refractivity contribution >= 4 is 5.97 Å². The molecule has 1 rings (SSSR count). The smallest absolute Gasteiger partial charge is 0.335 e. The van der Waals surface area contributed by atoms with E-state index < -0.39 is 17.5 Å². The molecule has 0 aliphatic heterocycles. The molecule has 0 spiro atoms. The molecule has 1 heterocycles. The largest absolute Gasteiger partial charge is 0.467 e. The highest BCUT2D eigenvalue weighted by atomic mass is 16.5. The lowest BCUT2D eigenvalue weighted by atomic mass is 9.79. The molecular weight excluding hydrogens is 206 g/mol. The first-order valence-corrected chi connectivity index (χ1v) is 5.23. The maximum Gasteiger partial charge on any atom is 0.335 e. The average Bonchev–Trinajstić information content (AvgIpc) is 2.56. The molecule has 2 N–H and O–H groups in total. The van der Waals surface area contributed by atoms with Gasteiger partial charge in [-0.2, -0.15) is 0 Å². The number of ether oxygens (including phenoxy) is 1. The molecule has 0 bridgehead atoms. The quantitative estimate of drug-likeness (QED) is 0.765. The van der Waals surface area contributed by atoms with Crippen molar-refractivity contribution in [3.05, 3.63) is 23.0 Å². The van der Waals surface area contributed by atoms with Gasteiger partial charge in [0.15, 0.2) is 6.10 Å². The first-order chi connectivity index (χ1) is 7.30. The summed E-state index contributed by atoms with van der Waals surface area (Å²) in [6.45, 7) is 7.51. The Balaban J connectivity index is 3.10. The monoisotopic (exact) mass is 225 g/mol. The zero-order valence-electron chi connectivity index (χ0n) is 10.4. The van der Waals surface area contributed by atoms with Crippen molar-refractivity contribution in [3.8, 4) is 0 Å². The molecule has 4 nitrogen and oxygen atoms in total. The Morgan fingerprint density at radius 3 is 2.44 bits per heavy atom. The third-order valence-electron chi connectivity index (χ3n) is 2.95. The number of aliphatic hydroxyl groups excluding tert-OH is 1. The van der Waals surface area contributed by atoms with Gasteiger partial charge in [-0.3, -0.25) is 0 Å². The fraction of sp³-hybridized carbons (Fsp3) is 0.583. The average molecular weight is 225 g/mol. The molecule has 0 saturated heterocycles. The number of hydrogen-bond donors (Lipinski definition) is 2. The number of H-pyrrole nitrogens is 1. The van der Waals surface area contributed by atoms with Crippen LogP contribution in [0.1, 0.15) is 30.8 Å². The lowest BCUT2D eigenvalue weighted by Gasteiger charge is -2.28. The third-order valence-corrected chi connectivity index (χ3v) is 2.95. The molecule has 0 aliphatic carbocycles. The number of hydrogen-bond acceptors (Lipinski definition) is 3. The Hall–Kier alpha value is -1.29. The summed E-state index contributed by atoms with van der Waals surface area (Å²) in [4.78, 5) is 14.5. The first-order valence-electron chi connectivity index (χ1n) is 5.23. The van der Waals surface area contributed by atoms with Crippen LogP contribution in [-0.2, 0) is 14.9 Å². The lowest BCUT2D eigenvalue weighted by Crippen LogP contribution is -2.40. The summed E-state index contributed by atoms with van der Waals surface area (Å²) in [5.74, 6) is -0.608. The van der Waals surface area contributed by atoms with Crippen LogP contribution in [0.3, 0.4) is 0 Å². The number of carbonyl (C=O) groups excluding carboxylic acids is 1. The molecule has 4 heteroatoms. The Morgan fingerprint density at radius 1 is 1.50 bits per heavy atom. The van der Waals surface area contributed by atoms with E-state index in [1.807, 2.05) is 33.8 Å². The van der Waals surface area contributed by atoms with Gasteiger partial charge in [0, 0.05) is 16.8 Å². The highest BCUT2D eigenvalue weighted by Crippen LogP contribution is 2.30. The topological polar surface area (TPSA) is 62.3 Å². The predicted molar refractivity (Wildman–Crippen MR) is 61.3 cm³/mol. The number of aromatic amines is 1. The molecule has 1 atom stereocenters. The second-order valence-electron chi connectivity index (χ2n) is 4.64. The molecule has 0 radical (unpaired) electrons. The van der Waals surface area contributed by atoms with Gasteiger partial charge < -0.3 is 14.8 Å². The van der Waals surface area contributed by atoms with E-state index in [0.717, 1.165) is 17.0 Å². The van der Waals surface area contributed by atoms with Crippen LogP contribution in [0.4, 0.5) is 0 Å². The van der Waals surface area contributed by atoms with E-state index >= 15 is 0 Å². The van der Waals surface area contributed by atoms with Gasteiger partial charge in [-0.05, 0) is 25.5 Å². The summed E-state index contributed by atoms with van der Waals surface area (Å²) in [5.41, 5.74) is 2.24. The zero-order valence-corrected chi connectivity index (χ0v) is 10.4. The molecule has 0 aromatic carbocycles. The van der Waals surface area contributed by atoms with Crippen molar-refractivity contribution in [2.45, 2.75) is 39.2 Å². The third kappa shape index (κ3) is 2.11. The second kappa shape index (κ2) is 4.29. The summed E-state index contributed by atoms with van der Waals surface area (Å²) < 4.78 is 4.57. The number of methoxy groups -OCH3 is 1. The van der Waals surface area contributed by atoms with Crippen molar-refractivity contribution in [2.75, 3.05) is 7.11 Å². The molecular formula is C12H19NO3. The molecule has 0 aliphatic rings. The van der Waals surface area contributed by atoms with Gasteiger partial charge in [0.25, 0.3) is 0 Å². The highest BCUT2D eigenvalue weighted by molar-refractivity contribution is 5.76. The van der Waals surface area contributed by atoms with Gasteiger partial charge in [0.05, 0.1) is 7.11 Å². The summed E-state index contributed by atoms with van der Waals surface area (Å²) in [6, 6.07) is 1.95. The molecule has 16 heavy (non-hydrogen) atoms. The van der Waals surface area contributed by atoms with Crippen LogP contribution < -0.4 is 0 Å². The van der Waals surface area contributed by atoms with Gasteiger partial charge in [0.1, 0.15) is 0 Å². The number of carbonyl (C=O) groups is 1. The van der Waals surface area contributed by atoms with Gasteiger partial charge in [-0.25, -0.2) is 4.79 Å². The maximum absolute atomic E-state index is 11.4. The maximum atomic E-state index is 11.4. The standard InChI is InChI=1S/C12H19NO3/c1-7-6-9(8(2)13-7)12(3,4)10(14)11(15)16-5/h6,10,13-14H,1-5H3. The lowest BCUT2D eigenvalue weighted by molar-refractivity contribution is -0.153. The van der Waals surface area contributed by atoms with Crippen LogP contribution in [-0.4, -0.2) is 29.3 Å². The molecule has 90 valence electrons. The summed E-state index contributed by atoms with van der Waals surface area (Å²) in [7, 11) is 1.27. The van der Waals surface area contributed by atoms with Crippen molar-refractivity contribution in [1.82, 2.24) is 4.98 Å². The number of rotatable bonds is 3. The zero-order chi connectivity index (χ0) is 12.5. The van der Waals surface area contributed by atoms with Crippen molar-refractivity contribution in [3.63, 3.8) is 0 Å². The minimum absolute atomic E-state index is 0.608. The highest BCUT2D eigenvalue weighted by Gasteiger charge is 2.37. The van der Waals surface area contributed by atoms with Gasteiger partial charge in [0.2, 0.25) is 0 Å². The molecule has 0 saturated carbocycles. The van der Waals surface area contributed by atoms with Crippen LogP contribution in [0.15, 0.2) is 6.07 Å². The number of aromatic nitrogens is 1. The fourth-order valence-electron chi connectivity index (χ4n) is 1.95. The number of nitrogens with one attached hydrogen (secondary N) is 1. The molecule has 0 fully saturated rings. The van der Waals surface area contributed by atoms with Crippen LogP contribution in [0.25, 0.3) is 0 Å². The van der Waals surface area contributed by atoms with Crippen LogP contribution in [0.2, 0.25) is 0 Å². The Kier molecular flexibility index (Phi) is 3.43. The normalized spacial score (nSPS) is 13.6. The van der Waals surface area contributed by atoms with E-state index in [-0.39, 0.29) is 0 Å². The van der Waals surface area contributed by atoms with Crippen molar-refractivity contribution in [2.24, 2.45) is 0 Å². The van der Waals surface area contributed by atoms with E-state index in [1.165, 1.54) is 7.11 Å². The first kappa shape index (κ1) is 12.8. The molecule has 1 unspecified atom stereocenters. The van der Waals surface area contributed by atoms with E-state index in [1.54, 1.807) is 0 Å². The van der Waals surface area contributed by atoms with Crippen LogP contribution >= 0.6 is 0 Å². The minimum Gasteiger partial charge on any atom is -0.467 e. The van der Waals surface area contributed by atoms with E-state index in [4.69, 9.17) is 0 Å². The Labute approximate surface area is 95.6 Å². The van der Waals surface area contributed by atoms with Crippen LogP contribution in [0.5, 0.6) is 0 Å². The number of esters is 1.